The molecule has 5 nitrogen and oxygen atoms in total. The zero-order valence-electron chi connectivity index (χ0n) is 9.22. The summed E-state index contributed by atoms with van der Waals surface area (Å²) in [6, 6.07) is 2.05. The number of piperidine rings is 1. The topological polar surface area (TPSA) is 73.2 Å². The van der Waals surface area contributed by atoms with Crippen molar-refractivity contribution in [1.29, 1.82) is 5.26 Å². The molecular weight excluding hydrogens is 226 g/mol. The molecule has 0 aromatic heterocycles. The van der Waals surface area contributed by atoms with Gasteiger partial charge in [-0.05, 0) is 25.8 Å². The first-order valence-corrected chi connectivity index (χ1v) is 7.38. The SMILES string of the molecule is N#CCS(=O)(=O)NC1CCN2CCCCC12. The monoisotopic (exact) mass is 243 g/mol. The van der Waals surface area contributed by atoms with Crippen molar-refractivity contribution in [2.75, 3.05) is 18.8 Å². The lowest BCUT2D eigenvalue weighted by Crippen LogP contribution is -2.47. The smallest absolute Gasteiger partial charge is 0.225 e. The van der Waals surface area contributed by atoms with Crippen LogP contribution in [0.2, 0.25) is 0 Å². The van der Waals surface area contributed by atoms with Crippen LogP contribution in [0, 0.1) is 11.3 Å². The zero-order valence-corrected chi connectivity index (χ0v) is 10.0. The molecule has 0 bridgehead atoms. The third-order valence-corrected chi connectivity index (χ3v) is 4.61. The summed E-state index contributed by atoms with van der Waals surface area (Å²) in [5.41, 5.74) is 0. The van der Waals surface area contributed by atoms with Crippen LogP contribution in [0.15, 0.2) is 0 Å². The molecule has 2 atom stereocenters. The van der Waals surface area contributed by atoms with Gasteiger partial charge in [-0.1, -0.05) is 6.42 Å². The Morgan fingerprint density at radius 3 is 2.88 bits per heavy atom. The molecule has 6 heteroatoms. The molecule has 1 N–H and O–H groups in total. The number of rotatable bonds is 3. The lowest BCUT2D eigenvalue weighted by Gasteiger charge is -2.32. The second-order valence-corrected chi connectivity index (χ2v) is 6.28. The van der Waals surface area contributed by atoms with Gasteiger partial charge in [-0.3, -0.25) is 4.90 Å². The summed E-state index contributed by atoms with van der Waals surface area (Å²) in [6.07, 6.45) is 4.33. The van der Waals surface area contributed by atoms with Gasteiger partial charge >= 0.3 is 0 Å². The lowest BCUT2D eigenvalue weighted by molar-refractivity contribution is 0.186. The third-order valence-electron chi connectivity index (χ3n) is 3.44. The Morgan fingerprint density at radius 1 is 1.31 bits per heavy atom. The van der Waals surface area contributed by atoms with Gasteiger partial charge in [0.2, 0.25) is 10.0 Å². The largest absolute Gasteiger partial charge is 0.299 e. The summed E-state index contributed by atoms with van der Waals surface area (Å²) in [7, 11) is -3.40. The van der Waals surface area contributed by atoms with E-state index in [1.54, 1.807) is 6.07 Å². The Hall–Kier alpha value is -0.640. The van der Waals surface area contributed by atoms with Crippen molar-refractivity contribution >= 4 is 10.0 Å². The van der Waals surface area contributed by atoms with E-state index < -0.39 is 15.8 Å². The van der Waals surface area contributed by atoms with E-state index in [-0.39, 0.29) is 6.04 Å². The number of hydrogen-bond donors (Lipinski definition) is 1. The van der Waals surface area contributed by atoms with E-state index >= 15 is 0 Å². The van der Waals surface area contributed by atoms with E-state index in [0.29, 0.717) is 6.04 Å². The summed E-state index contributed by atoms with van der Waals surface area (Å²) >= 11 is 0. The molecule has 2 saturated heterocycles. The van der Waals surface area contributed by atoms with Crippen molar-refractivity contribution in [3.63, 3.8) is 0 Å². The molecule has 2 fully saturated rings. The molecule has 2 aliphatic heterocycles. The fourth-order valence-electron chi connectivity index (χ4n) is 2.74. The van der Waals surface area contributed by atoms with E-state index in [2.05, 4.69) is 9.62 Å². The van der Waals surface area contributed by atoms with Crippen molar-refractivity contribution in [3.05, 3.63) is 0 Å². The van der Waals surface area contributed by atoms with E-state index in [1.165, 1.54) is 12.8 Å². The van der Waals surface area contributed by atoms with E-state index in [9.17, 15) is 8.42 Å². The number of hydrogen-bond acceptors (Lipinski definition) is 4. The molecule has 2 rings (SSSR count). The molecule has 0 saturated carbocycles. The van der Waals surface area contributed by atoms with Crippen molar-refractivity contribution in [2.24, 2.45) is 0 Å². The Kier molecular flexibility index (Phi) is 3.47. The van der Waals surface area contributed by atoms with Crippen LogP contribution in [-0.2, 0) is 10.0 Å². The molecule has 0 amide bonds. The van der Waals surface area contributed by atoms with Crippen molar-refractivity contribution in [1.82, 2.24) is 9.62 Å². The summed E-state index contributed by atoms with van der Waals surface area (Å²) < 4.78 is 25.7. The van der Waals surface area contributed by atoms with Gasteiger partial charge < -0.3 is 0 Å². The van der Waals surface area contributed by atoms with Crippen LogP contribution in [0.1, 0.15) is 25.7 Å². The number of nitrogens with zero attached hydrogens (tertiary/aromatic N) is 2. The minimum absolute atomic E-state index is 0.0126. The highest BCUT2D eigenvalue weighted by molar-refractivity contribution is 7.89. The average Bonchev–Trinajstić information content (AvgIpc) is 2.61. The van der Waals surface area contributed by atoms with Crippen molar-refractivity contribution < 1.29 is 8.42 Å². The maximum absolute atomic E-state index is 11.5. The normalized spacial score (nSPS) is 30.9. The number of sulfonamides is 1. The Balaban J connectivity index is 1.99. The van der Waals surface area contributed by atoms with Gasteiger partial charge in [-0.25, -0.2) is 13.1 Å². The molecule has 0 spiro atoms. The number of nitrogens with one attached hydrogen (secondary N) is 1. The highest BCUT2D eigenvalue weighted by Gasteiger charge is 2.37. The first-order chi connectivity index (χ1) is 7.62. The van der Waals surface area contributed by atoms with Gasteiger partial charge in [-0.15, -0.1) is 0 Å². The molecule has 0 aliphatic carbocycles. The third kappa shape index (κ3) is 2.54. The Labute approximate surface area is 96.5 Å². The van der Waals surface area contributed by atoms with Crippen LogP contribution in [0.25, 0.3) is 0 Å². The summed E-state index contributed by atoms with van der Waals surface area (Å²) in [5.74, 6) is -0.434. The van der Waals surface area contributed by atoms with Gasteiger partial charge in [0.05, 0.1) is 6.07 Å². The lowest BCUT2D eigenvalue weighted by atomic mass is 10.00. The van der Waals surface area contributed by atoms with Crippen LogP contribution in [0.4, 0.5) is 0 Å². The zero-order chi connectivity index (χ0) is 11.6. The van der Waals surface area contributed by atoms with Crippen molar-refractivity contribution in [2.45, 2.75) is 37.8 Å². The summed E-state index contributed by atoms with van der Waals surface area (Å²) in [4.78, 5) is 2.36. The number of nitriles is 1. The minimum Gasteiger partial charge on any atom is -0.299 e. The molecule has 0 radical (unpaired) electrons. The minimum atomic E-state index is -3.40. The number of fused-ring (bicyclic) bond motifs is 1. The maximum Gasteiger partial charge on any atom is 0.225 e. The average molecular weight is 243 g/mol. The summed E-state index contributed by atoms with van der Waals surface area (Å²) in [6.45, 7) is 2.06. The van der Waals surface area contributed by atoms with Crippen LogP contribution in [0.3, 0.4) is 0 Å². The highest BCUT2D eigenvalue weighted by atomic mass is 32.2. The van der Waals surface area contributed by atoms with Gasteiger partial charge in [0.15, 0.2) is 5.75 Å². The van der Waals surface area contributed by atoms with Gasteiger partial charge in [0, 0.05) is 18.6 Å². The first kappa shape index (κ1) is 11.8. The predicted octanol–water partition coefficient (Wildman–Crippen LogP) is 0.0562. The first-order valence-electron chi connectivity index (χ1n) is 5.73. The molecule has 2 aliphatic rings. The van der Waals surface area contributed by atoms with Crippen LogP contribution < -0.4 is 4.72 Å². The Morgan fingerprint density at radius 2 is 2.12 bits per heavy atom. The second-order valence-electron chi connectivity index (χ2n) is 4.53. The molecule has 90 valence electrons. The molecular formula is C10H17N3O2S. The molecule has 2 heterocycles. The van der Waals surface area contributed by atoms with Gasteiger partial charge in [-0.2, -0.15) is 5.26 Å². The van der Waals surface area contributed by atoms with Gasteiger partial charge in [0.25, 0.3) is 0 Å². The maximum atomic E-state index is 11.5. The molecule has 2 unspecified atom stereocenters. The molecule has 16 heavy (non-hydrogen) atoms. The van der Waals surface area contributed by atoms with Crippen LogP contribution in [0.5, 0.6) is 0 Å². The van der Waals surface area contributed by atoms with E-state index in [1.807, 2.05) is 0 Å². The van der Waals surface area contributed by atoms with E-state index in [0.717, 1.165) is 25.9 Å². The van der Waals surface area contributed by atoms with Crippen LogP contribution >= 0.6 is 0 Å². The van der Waals surface area contributed by atoms with Gasteiger partial charge in [0.1, 0.15) is 0 Å². The fourth-order valence-corrected chi connectivity index (χ4v) is 3.73. The fraction of sp³-hybridized carbons (Fsp3) is 0.900. The van der Waals surface area contributed by atoms with E-state index in [4.69, 9.17) is 5.26 Å². The second kappa shape index (κ2) is 4.70. The predicted molar refractivity (Wildman–Crippen MR) is 60.2 cm³/mol. The highest BCUT2D eigenvalue weighted by Crippen LogP contribution is 2.27. The molecule has 0 aromatic carbocycles. The molecule has 0 aromatic rings. The van der Waals surface area contributed by atoms with Crippen LogP contribution in [-0.4, -0.2) is 44.2 Å². The van der Waals surface area contributed by atoms with Crippen molar-refractivity contribution in [3.8, 4) is 6.07 Å². The quantitative estimate of drug-likeness (QED) is 0.760. The summed E-state index contributed by atoms with van der Waals surface area (Å²) in [5, 5.41) is 8.43. The Bertz CT molecular complexity index is 387. The standard InChI is InChI=1S/C10H17N3O2S/c11-5-8-16(14,15)12-9-4-7-13-6-2-1-3-10(9)13/h9-10,12H,1-4,6-8H2.